The van der Waals surface area contributed by atoms with E-state index in [0.29, 0.717) is 0 Å². The van der Waals surface area contributed by atoms with Crippen LogP contribution in [0.1, 0.15) is 73.8 Å². The lowest BCUT2D eigenvalue weighted by Crippen LogP contribution is -2.01. The van der Waals surface area contributed by atoms with Gasteiger partial charge < -0.3 is 14.3 Å². The van der Waals surface area contributed by atoms with Crippen LogP contribution in [-0.2, 0) is 4.84 Å². The maximum absolute atomic E-state index is 5.84. The molecule has 4 rings (SSSR count). The normalized spacial score (nSPS) is 14.5. The molecule has 0 aliphatic carbocycles. The Labute approximate surface area is 208 Å². The molecule has 3 aromatic carbocycles. The van der Waals surface area contributed by atoms with E-state index in [1.54, 1.807) is 7.11 Å². The van der Waals surface area contributed by atoms with E-state index in [1.807, 2.05) is 60.7 Å². The Bertz CT molecular complexity index is 1150. The van der Waals surface area contributed by atoms with Gasteiger partial charge in [0.2, 0.25) is 0 Å². The Kier molecular flexibility index (Phi) is 8.84. The Balaban J connectivity index is 1.27. The zero-order valence-electron chi connectivity index (χ0n) is 20.6. The average Bonchev–Trinajstić information content (AvgIpc) is 3.41. The van der Waals surface area contributed by atoms with Crippen LogP contribution >= 0.6 is 0 Å². The summed E-state index contributed by atoms with van der Waals surface area (Å²) in [4.78, 5) is 5.68. The number of ether oxygens (including phenoxy) is 2. The third-order valence-corrected chi connectivity index (χ3v) is 6.10. The highest BCUT2D eigenvalue weighted by molar-refractivity contribution is 6.01. The van der Waals surface area contributed by atoms with Crippen molar-refractivity contribution in [2.75, 3.05) is 13.7 Å². The standard InChI is InChI=1S/C31H33NO3/c1-3-4-5-6-7-22-34-29-18-12-25(13-19-29)9-8-24-10-14-26(15-11-24)30-23-31(35-32-30)27-16-20-28(33-2)21-17-27/h10-21,31H,3-7,22-23H2,1-2H3. The van der Waals surface area contributed by atoms with E-state index in [2.05, 4.69) is 36.1 Å². The van der Waals surface area contributed by atoms with Crippen LogP contribution in [0.25, 0.3) is 0 Å². The minimum Gasteiger partial charge on any atom is -0.497 e. The fraction of sp³-hybridized carbons (Fsp3) is 0.323. The first-order valence-corrected chi connectivity index (χ1v) is 12.5. The molecule has 0 spiro atoms. The molecule has 1 aliphatic heterocycles. The fourth-order valence-electron chi connectivity index (χ4n) is 3.97. The van der Waals surface area contributed by atoms with Gasteiger partial charge in [0.25, 0.3) is 0 Å². The predicted octanol–water partition coefficient (Wildman–Crippen LogP) is 7.31. The second-order valence-corrected chi connectivity index (χ2v) is 8.72. The molecule has 0 saturated carbocycles. The van der Waals surface area contributed by atoms with Crippen LogP contribution < -0.4 is 9.47 Å². The number of rotatable bonds is 10. The predicted molar refractivity (Wildman–Crippen MR) is 141 cm³/mol. The van der Waals surface area contributed by atoms with Gasteiger partial charge in [-0.15, -0.1) is 0 Å². The Morgan fingerprint density at radius 3 is 2.09 bits per heavy atom. The van der Waals surface area contributed by atoms with Gasteiger partial charge in [-0.3, -0.25) is 0 Å². The molecule has 0 fully saturated rings. The molecule has 0 aromatic heterocycles. The van der Waals surface area contributed by atoms with Crippen molar-refractivity contribution in [3.05, 3.63) is 95.1 Å². The van der Waals surface area contributed by atoms with Crippen LogP contribution in [0.15, 0.2) is 78.0 Å². The third-order valence-electron chi connectivity index (χ3n) is 6.10. The van der Waals surface area contributed by atoms with Crippen LogP contribution in [0.4, 0.5) is 0 Å². The average molecular weight is 468 g/mol. The number of unbranched alkanes of at least 4 members (excludes halogenated alkanes) is 4. The van der Waals surface area contributed by atoms with Gasteiger partial charge in [0.05, 0.1) is 19.4 Å². The van der Waals surface area contributed by atoms with Crippen LogP contribution in [0, 0.1) is 11.8 Å². The van der Waals surface area contributed by atoms with Gasteiger partial charge in [-0.25, -0.2) is 0 Å². The lowest BCUT2D eigenvalue weighted by molar-refractivity contribution is 0.0857. The molecule has 4 nitrogen and oxygen atoms in total. The zero-order chi connectivity index (χ0) is 24.3. The van der Waals surface area contributed by atoms with Crippen LogP contribution in [0.2, 0.25) is 0 Å². The fourth-order valence-corrected chi connectivity index (χ4v) is 3.97. The molecule has 180 valence electrons. The Morgan fingerprint density at radius 2 is 1.43 bits per heavy atom. The first-order chi connectivity index (χ1) is 17.2. The summed E-state index contributed by atoms with van der Waals surface area (Å²) in [6.07, 6.45) is 6.89. The van der Waals surface area contributed by atoms with Crippen LogP contribution in [0.5, 0.6) is 11.5 Å². The monoisotopic (exact) mass is 467 g/mol. The Morgan fingerprint density at radius 1 is 0.800 bits per heavy atom. The molecular weight excluding hydrogens is 434 g/mol. The quantitative estimate of drug-likeness (QED) is 0.232. The van der Waals surface area contributed by atoms with Crippen molar-refractivity contribution in [2.45, 2.75) is 51.6 Å². The molecule has 0 amide bonds. The molecule has 1 atom stereocenters. The largest absolute Gasteiger partial charge is 0.497 e. The lowest BCUT2D eigenvalue weighted by Gasteiger charge is -2.09. The minimum atomic E-state index is -0.0663. The molecule has 1 unspecified atom stereocenters. The van der Waals surface area contributed by atoms with Crippen molar-refractivity contribution >= 4 is 5.71 Å². The number of hydrogen-bond acceptors (Lipinski definition) is 4. The summed E-state index contributed by atoms with van der Waals surface area (Å²) >= 11 is 0. The molecule has 35 heavy (non-hydrogen) atoms. The summed E-state index contributed by atoms with van der Waals surface area (Å²) in [5.74, 6) is 8.22. The maximum Gasteiger partial charge on any atom is 0.158 e. The van der Waals surface area contributed by atoms with Crippen LogP contribution in [-0.4, -0.2) is 19.4 Å². The Hall–Kier alpha value is -3.71. The summed E-state index contributed by atoms with van der Waals surface area (Å²) in [6, 6.07) is 24.1. The van der Waals surface area contributed by atoms with Crippen molar-refractivity contribution in [2.24, 2.45) is 5.16 Å². The number of methoxy groups -OCH3 is 1. The summed E-state index contributed by atoms with van der Waals surface area (Å²) in [5.41, 5.74) is 5.04. The zero-order valence-corrected chi connectivity index (χ0v) is 20.6. The highest BCUT2D eigenvalue weighted by Gasteiger charge is 2.23. The number of nitrogens with zero attached hydrogens (tertiary/aromatic N) is 1. The van der Waals surface area contributed by atoms with E-state index in [0.717, 1.165) is 58.9 Å². The third kappa shape index (κ3) is 7.13. The second kappa shape index (κ2) is 12.7. The smallest absolute Gasteiger partial charge is 0.158 e. The summed E-state index contributed by atoms with van der Waals surface area (Å²) in [7, 11) is 1.67. The van der Waals surface area contributed by atoms with Gasteiger partial charge in [0.15, 0.2) is 6.10 Å². The molecule has 1 heterocycles. The number of benzene rings is 3. The van der Waals surface area contributed by atoms with E-state index in [-0.39, 0.29) is 6.10 Å². The van der Waals surface area contributed by atoms with E-state index in [9.17, 15) is 0 Å². The van der Waals surface area contributed by atoms with Crippen molar-refractivity contribution in [1.29, 1.82) is 0 Å². The van der Waals surface area contributed by atoms with Crippen molar-refractivity contribution in [1.82, 2.24) is 0 Å². The van der Waals surface area contributed by atoms with Gasteiger partial charge in [0.1, 0.15) is 11.5 Å². The van der Waals surface area contributed by atoms with Gasteiger partial charge in [-0.1, -0.05) is 73.9 Å². The highest BCUT2D eigenvalue weighted by atomic mass is 16.6. The SMILES string of the molecule is CCCCCCCOc1ccc(C#Cc2ccc(C3=NOC(c4ccc(OC)cc4)C3)cc2)cc1. The minimum absolute atomic E-state index is 0.0663. The molecular formula is C31H33NO3. The molecule has 4 heteroatoms. The summed E-state index contributed by atoms with van der Waals surface area (Å²) in [6.45, 7) is 3.01. The lowest BCUT2D eigenvalue weighted by atomic mass is 9.99. The van der Waals surface area contributed by atoms with E-state index in [1.165, 1.54) is 25.7 Å². The molecule has 3 aromatic rings. The van der Waals surface area contributed by atoms with Crippen molar-refractivity contribution in [3.63, 3.8) is 0 Å². The second-order valence-electron chi connectivity index (χ2n) is 8.72. The molecule has 0 N–H and O–H groups in total. The first kappa shape index (κ1) is 24.4. The van der Waals surface area contributed by atoms with E-state index in [4.69, 9.17) is 14.3 Å². The van der Waals surface area contributed by atoms with E-state index >= 15 is 0 Å². The van der Waals surface area contributed by atoms with Crippen molar-refractivity contribution < 1.29 is 14.3 Å². The van der Waals surface area contributed by atoms with Gasteiger partial charge >= 0.3 is 0 Å². The van der Waals surface area contributed by atoms with Gasteiger partial charge in [-0.05, 0) is 66.1 Å². The molecule has 0 saturated heterocycles. The molecule has 0 bridgehead atoms. The van der Waals surface area contributed by atoms with Crippen molar-refractivity contribution in [3.8, 4) is 23.3 Å². The molecule has 1 aliphatic rings. The first-order valence-electron chi connectivity index (χ1n) is 12.5. The van der Waals surface area contributed by atoms with Gasteiger partial charge in [0, 0.05) is 17.5 Å². The maximum atomic E-state index is 5.84. The number of hydrogen-bond donors (Lipinski definition) is 0. The number of oxime groups is 1. The topological polar surface area (TPSA) is 40.0 Å². The molecule has 0 radical (unpaired) electrons. The summed E-state index contributed by atoms with van der Waals surface area (Å²) in [5, 5.41) is 4.31. The van der Waals surface area contributed by atoms with Gasteiger partial charge in [-0.2, -0.15) is 0 Å². The summed E-state index contributed by atoms with van der Waals surface area (Å²) < 4.78 is 11.1. The van der Waals surface area contributed by atoms with E-state index < -0.39 is 0 Å². The highest BCUT2D eigenvalue weighted by Crippen LogP contribution is 2.30. The van der Waals surface area contributed by atoms with Crippen LogP contribution in [0.3, 0.4) is 0 Å².